The van der Waals surface area contributed by atoms with Crippen molar-refractivity contribution < 1.29 is 32.9 Å². The summed E-state index contributed by atoms with van der Waals surface area (Å²) < 4.78 is 30.9. The maximum atomic E-state index is 12.2. The van der Waals surface area contributed by atoms with Gasteiger partial charge < -0.3 is 10.6 Å². The Balaban J connectivity index is 0.000000326. The van der Waals surface area contributed by atoms with Gasteiger partial charge >= 0.3 is 6.36 Å². The fraction of sp³-hybridized carbons (Fsp3) is 0.500. The molecular weight excluding hydrogens is 341 g/mol. The van der Waals surface area contributed by atoms with Crippen molar-refractivity contribution in [1.82, 2.24) is 10.6 Å². The molecule has 0 aliphatic carbocycles. The third-order valence-electron chi connectivity index (χ3n) is 4.16. The predicted molar refractivity (Wildman–Crippen MR) is 81.3 cm³/mol. The molecule has 0 saturated carbocycles. The van der Waals surface area contributed by atoms with Crippen LogP contribution in [-0.2, 0) is 20.9 Å². The molecule has 1 aromatic rings. The molecule has 1 amide bonds. The number of Topliss-reactive ketones (excluding diaryl/α,β-unsaturated/α-hetero) is 1. The molecule has 2 heterocycles. The Hall–Kier alpha value is -1.97. The van der Waals surface area contributed by atoms with E-state index in [2.05, 4.69) is 10.6 Å². The predicted octanol–water partition coefficient (Wildman–Crippen LogP) is 1.52. The molecule has 9 heteroatoms. The number of benzene rings is 1. The van der Waals surface area contributed by atoms with Gasteiger partial charge in [-0.3, -0.25) is 9.59 Å². The van der Waals surface area contributed by atoms with Gasteiger partial charge in [0, 0.05) is 6.42 Å². The van der Waals surface area contributed by atoms with Crippen LogP contribution in [-0.4, -0.2) is 42.4 Å². The van der Waals surface area contributed by atoms with Crippen molar-refractivity contribution in [3.63, 3.8) is 0 Å². The summed E-state index contributed by atoms with van der Waals surface area (Å²) in [4.78, 5) is 25.7. The Kier molecular flexibility index (Phi) is 6.51. The van der Waals surface area contributed by atoms with Gasteiger partial charge in [0.1, 0.15) is 0 Å². The molecule has 2 saturated heterocycles. The van der Waals surface area contributed by atoms with Gasteiger partial charge in [0.2, 0.25) is 5.91 Å². The number of hydrogen-bond donors (Lipinski definition) is 3. The topological polar surface area (TPSA) is 87.7 Å². The lowest BCUT2D eigenvalue weighted by Gasteiger charge is -2.40. The summed E-state index contributed by atoms with van der Waals surface area (Å²) in [7, 11) is 0. The highest BCUT2D eigenvalue weighted by Crippen LogP contribution is 2.26. The van der Waals surface area contributed by atoms with E-state index in [4.69, 9.17) is 5.26 Å². The van der Waals surface area contributed by atoms with Crippen molar-refractivity contribution in [3.05, 3.63) is 35.9 Å². The van der Waals surface area contributed by atoms with Crippen LogP contribution in [0.15, 0.2) is 30.3 Å². The van der Waals surface area contributed by atoms with Crippen LogP contribution < -0.4 is 10.6 Å². The minimum Gasteiger partial charge on any atom is -0.345 e. The highest BCUT2D eigenvalue weighted by molar-refractivity contribution is 6.00. The number of carbonyl (C=O) groups excluding carboxylic acids is 2. The van der Waals surface area contributed by atoms with Gasteiger partial charge in [-0.1, -0.05) is 30.3 Å². The van der Waals surface area contributed by atoms with Crippen LogP contribution in [0.3, 0.4) is 0 Å². The number of alkyl halides is 3. The van der Waals surface area contributed by atoms with Crippen molar-refractivity contribution in [2.24, 2.45) is 11.8 Å². The maximum absolute atomic E-state index is 12.2. The van der Waals surface area contributed by atoms with E-state index in [0.717, 1.165) is 25.1 Å². The first-order chi connectivity index (χ1) is 11.8. The Morgan fingerprint density at radius 3 is 2.28 bits per heavy atom. The van der Waals surface area contributed by atoms with Crippen LogP contribution in [0.1, 0.15) is 12.0 Å². The minimum atomic E-state index is -4.90. The maximum Gasteiger partial charge on any atom is 0.549 e. The summed E-state index contributed by atoms with van der Waals surface area (Å²) in [6, 6.07) is 9.42. The van der Waals surface area contributed by atoms with E-state index >= 15 is 0 Å². The van der Waals surface area contributed by atoms with Gasteiger partial charge in [-0.15, -0.1) is 18.1 Å². The summed E-state index contributed by atoms with van der Waals surface area (Å²) in [6.07, 6.45) is -3.66. The molecule has 0 unspecified atom stereocenters. The first-order valence-electron chi connectivity index (χ1n) is 7.77. The van der Waals surface area contributed by atoms with E-state index in [9.17, 15) is 22.8 Å². The summed E-state index contributed by atoms with van der Waals surface area (Å²) in [5.41, 5.74) is 1.01. The molecule has 2 atom stereocenters. The van der Waals surface area contributed by atoms with Crippen LogP contribution in [0.25, 0.3) is 0 Å². The molecule has 3 N–H and O–H groups in total. The molecule has 0 spiro atoms. The molecule has 2 fully saturated rings. The van der Waals surface area contributed by atoms with E-state index in [1.54, 1.807) is 0 Å². The number of amides is 1. The Morgan fingerprint density at radius 2 is 1.84 bits per heavy atom. The number of β-lactam (4-membered cyclic amide) rings is 1. The van der Waals surface area contributed by atoms with Gasteiger partial charge in [0.25, 0.3) is 0 Å². The van der Waals surface area contributed by atoms with Gasteiger partial charge in [-0.05, 0) is 31.0 Å². The smallest absolute Gasteiger partial charge is 0.345 e. The lowest BCUT2D eigenvalue weighted by molar-refractivity contribution is -0.464. The van der Waals surface area contributed by atoms with Crippen LogP contribution in [0.4, 0.5) is 13.2 Å². The fourth-order valence-corrected chi connectivity index (χ4v) is 2.75. The molecule has 0 bridgehead atoms. The van der Waals surface area contributed by atoms with E-state index in [0.29, 0.717) is 12.3 Å². The lowest BCUT2D eigenvalue weighted by atomic mass is 9.78. The van der Waals surface area contributed by atoms with Gasteiger partial charge in [0.15, 0.2) is 5.78 Å². The molecule has 2 aliphatic heterocycles. The number of carbonyl (C=O) groups is 2. The number of nitrogens with one attached hydrogen (secondary N) is 2. The van der Waals surface area contributed by atoms with Crippen LogP contribution >= 0.6 is 0 Å². The summed E-state index contributed by atoms with van der Waals surface area (Å²) in [6.45, 7) is 1.95. The van der Waals surface area contributed by atoms with Crippen LogP contribution in [0.5, 0.6) is 0 Å². The average Bonchev–Trinajstić information content (AvgIpc) is 2.52. The third kappa shape index (κ3) is 5.80. The Bertz CT molecular complexity index is 591. The van der Waals surface area contributed by atoms with Gasteiger partial charge in [0.05, 0.1) is 12.0 Å². The zero-order chi connectivity index (χ0) is 18.4. The fourth-order valence-electron chi connectivity index (χ4n) is 2.75. The highest BCUT2D eigenvalue weighted by atomic mass is 19.4. The molecule has 0 aromatic heterocycles. The molecule has 1 aromatic carbocycles. The zero-order valence-corrected chi connectivity index (χ0v) is 13.3. The van der Waals surface area contributed by atoms with Gasteiger partial charge in [-0.25, -0.2) is 5.26 Å². The minimum absolute atomic E-state index is 0.0401. The summed E-state index contributed by atoms with van der Waals surface area (Å²) in [5.74, 6) is 0.618. The second-order valence-electron chi connectivity index (χ2n) is 6.02. The van der Waals surface area contributed by atoms with Crippen molar-refractivity contribution in [3.8, 4) is 0 Å². The molecule has 0 radical (unpaired) electrons. The van der Waals surface area contributed by atoms with Crippen molar-refractivity contribution in [1.29, 1.82) is 0 Å². The normalized spacial score (nSPS) is 22.8. The third-order valence-corrected chi connectivity index (χ3v) is 4.16. The quantitative estimate of drug-likeness (QED) is 0.421. The van der Waals surface area contributed by atoms with E-state index in [-0.39, 0.29) is 23.7 Å². The first-order valence-corrected chi connectivity index (χ1v) is 7.77. The van der Waals surface area contributed by atoms with E-state index in [1.165, 1.54) is 0 Å². The number of halogens is 3. The molecule has 2 aliphatic rings. The molecular formula is C16H19F3N2O4. The number of hydrogen-bond acceptors (Lipinski definition) is 5. The summed E-state index contributed by atoms with van der Waals surface area (Å²) >= 11 is 0. The Labute approximate surface area is 142 Å². The van der Waals surface area contributed by atoms with Crippen LogP contribution in [0, 0.1) is 11.8 Å². The van der Waals surface area contributed by atoms with Crippen molar-refractivity contribution in [2.75, 3.05) is 13.1 Å². The first kappa shape index (κ1) is 19.4. The molecule has 138 valence electrons. The Morgan fingerprint density at radius 1 is 1.24 bits per heavy atom. The number of ketones is 1. The van der Waals surface area contributed by atoms with Crippen LogP contribution in [0.2, 0.25) is 0 Å². The largest absolute Gasteiger partial charge is 0.549 e. The zero-order valence-electron chi connectivity index (χ0n) is 13.3. The second-order valence-corrected chi connectivity index (χ2v) is 6.02. The monoisotopic (exact) mass is 360 g/mol. The van der Waals surface area contributed by atoms with Crippen molar-refractivity contribution >= 4 is 11.7 Å². The van der Waals surface area contributed by atoms with Crippen molar-refractivity contribution in [2.45, 2.75) is 25.2 Å². The molecule has 25 heavy (non-hydrogen) atoms. The standard InChI is InChI=1S/C15H18N2O2.CHF3O2/c18-13(7-10-4-2-1-3-5-10)14-12(15(19)17-14)6-11-8-16-9-11;2-1(3,4)6-5/h1-5,11-12,14,16H,6-9H2,(H,17,19);5H/t12-,14+;/m1./s1. The van der Waals surface area contributed by atoms with E-state index in [1.807, 2.05) is 35.2 Å². The highest BCUT2D eigenvalue weighted by Gasteiger charge is 2.44. The summed E-state index contributed by atoms with van der Waals surface area (Å²) in [5, 5.41) is 12.7. The SMILES string of the molecule is O=C(Cc1ccccc1)[C@H]1NC(=O)[C@@H]1CC1CNC1.OOC(F)(F)F. The lowest BCUT2D eigenvalue weighted by Crippen LogP contribution is -2.63. The molecule has 6 nitrogen and oxygen atoms in total. The van der Waals surface area contributed by atoms with Gasteiger partial charge in [-0.2, -0.15) is 0 Å². The molecule has 3 rings (SSSR count). The number of rotatable bonds is 5. The average molecular weight is 360 g/mol. The second kappa shape index (κ2) is 8.41. The van der Waals surface area contributed by atoms with E-state index < -0.39 is 6.36 Å².